The van der Waals surface area contributed by atoms with Crippen LogP contribution in [0.3, 0.4) is 0 Å². The summed E-state index contributed by atoms with van der Waals surface area (Å²) >= 11 is 0. The van der Waals surface area contributed by atoms with Crippen molar-refractivity contribution in [3.63, 3.8) is 0 Å². The summed E-state index contributed by atoms with van der Waals surface area (Å²) in [6, 6.07) is 0.794. The second-order valence-corrected chi connectivity index (χ2v) is 8.29. The van der Waals surface area contributed by atoms with Crippen LogP contribution >= 0.6 is 0 Å². The van der Waals surface area contributed by atoms with Gasteiger partial charge in [0.1, 0.15) is 0 Å². The molecule has 0 amide bonds. The first-order valence-corrected chi connectivity index (χ1v) is 9.74. The molecular weight excluding hydrogens is 274 g/mol. The molecule has 0 atom stereocenters. The minimum absolute atomic E-state index is 0.528. The van der Waals surface area contributed by atoms with E-state index in [2.05, 4.69) is 21.4 Å². The van der Waals surface area contributed by atoms with Crippen LogP contribution in [0.4, 0.5) is 0 Å². The van der Waals surface area contributed by atoms with Gasteiger partial charge in [-0.25, -0.2) is 13.1 Å². The van der Waals surface area contributed by atoms with Crippen molar-refractivity contribution in [1.82, 2.24) is 14.5 Å². The van der Waals surface area contributed by atoms with Gasteiger partial charge in [0.05, 0.1) is 6.26 Å². The van der Waals surface area contributed by atoms with E-state index in [0.29, 0.717) is 6.54 Å². The molecule has 0 aromatic carbocycles. The van der Waals surface area contributed by atoms with Crippen LogP contribution in [0.25, 0.3) is 0 Å². The molecule has 2 fully saturated rings. The molecule has 0 bridgehead atoms. The monoisotopic (exact) mass is 303 g/mol. The van der Waals surface area contributed by atoms with Crippen LogP contribution in [0, 0.1) is 5.92 Å². The van der Waals surface area contributed by atoms with E-state index >= 15 is 0 Å². The number of hydrogen-bond acceptors (Lipinski definition) is 4. The first kappa shape index (κ1) is 16.2. The number of nitrogens with one attached hydrogen (secondary N) is 1. The lowest BCUT2D eigenvalue weighted by atomic mass is 9.86. The molecule has 0 aromatic rings. The first-order chi connectivity index (χ1) is 9.44. The predicted octanol–water partition coefficient (Wildman–Crippen LogP) is 0.732. The normalized spacial score (nSPS) is 30.5. The van der Waals surface area contributed by atoms with Crippen molar-refractivity contribution in [3.8, 4) is 0 Å². The van der Waals surface area contributed by atoms with Gasteiger partial charge in [0.2, 0.25) is 10.0 Å². The topological polar surface area (TPSA) is 52.6 Å². The summed E-state index contributed by atoms with van der Waals surface area (Å²) in [6.07, 6.45) is 6.69. The average Bonchev–Trinajstić information content (AvgIpc) is 2.39. The SMILES string of the molecule is CC1CCC(N2CCN(CCNS(C)(=O)=O)CC2)CC1. The third kappa shape index (κ3) is 5.31. The van der Waals surface area contributed by atoms with Gasteiger partial charge < -0.3 is 0 Å². The lowest BCUT2D eigenvalue weighted by molar-refractivity contribution is 0.0731. The Balaban J connectivity index is 1.65. The number of piperazine rings is 1. The van der Waals surface area contributed by atoms with Crippen molar-refractivity contribution in [1.29, 1.82) is 0 Å². The molecule has 0 unspecified atom stereocenters. The Hall–Kier alpha value is -0.170. The summed E-state index contributed by atoms with van der Waals surface area (Å²) in [5.74, 6) is 0.912. The highest BCUT2D eigenvalue weighted by molar-refractivity contribution is 7.88. The largest absolute Gasteiger partial charge is 0.299 e. The van der Waals surface area contributed by atoms with Gasteiger partial charge in [0.25, 0.3) is 0 Å². The van der Waals surface area contributed by atoms with Crippen LogP contribution in [0.2, 0.25) is 0 Å². The molecule has 6 heteroatoms. The van der Waals surface area contributed by atoms with Crippen molar-refractivity contribution in [3.05, 3.63) is 0 Å². The van der Waals surface area contributed by atoms with Crippen molar-refractivity contribution in [2.45, 2.75) is 38.6 Å². The molecule has 1 saturated heterocycles. The molecule has 118 valence electrons. The fraction of sp³-hybridized carbons (Fsp3) is 1.00. The quantitative estimate of drug-likeness (QED) is 0.814. The third-order valence-electron chi connectivity index (χ3n) is 4.70. The average molecular weight is 303 g/mol. The summed E-state index contributed by atoms with van der Waals surface area (Å²) in [7, 11) is -3.05. The number of nitrogens with zero attached hydrogens (tertiary/aromatic N) is 2. The fourth-order valence-electron chi connectivity index (χ4n) is 3.35. The van der Waals surface area contributed by atoms with Gasteiger partial charge in [-0.05, 0) is 31.6 Å². The second kappa shape index (κ2) is 7.20. The van der Waals surface area contributed by atoms with Gasteiger partial charge in [-0.3, -0.25) is 9.80 Å². The second-order valence-electron chi connectivity index (χ2n) is 6.46. The molecule has 2 aliphatic rings. The highest BCUT2D eigenvalue weighted by Gasteiger charge is 2.26. The summed E-state index contributed by atoms with van der Waals surface area (Å²) < 4.78 is 24.6. The molecular formula is C14H29N3O2S. The highest BCUT2D eigenvalue weighted by Crippen LogP contribution is 2.27. The van der Waals surface area contributed by atoms with Crippen LogP contribution in [0.1, 0.15) is 32.6 Å². The zero-order chi connectivity index (χ0) is 14.6. The molecule has 0 radical (unpaired) electrons. The van der Waals surface area contributed by atoms with Crippen LogP contribution in [0.5, 0.6) is 0 Å². The molecule has 0 aromatic heterocycles. The number of rotatable bonds is 5. The summed E-state index contributed by atoms with van der Waals surface area (Å²) in [4.78, 5) is 5.01. The van der Waals surface area contributed by atoms with Crippen LogP contribution < -0.4 is 4.72 Å². The minimum Gasteiger partial charge on any atom is -0.299 e. The maximum absolute atomic E-state index is 11.0. The van der Waals surface area contributed by atoms with E-state index in [4.69, 9.17) is 0 Å². The summed E-state index contributed by atoms with van der Waals surface area (Å²) in [5, 5.41) is 0. The lowest BCUT2D eigenvalue weighted by Crippen LogP contribution is -2.52. The first-order valence-electron chi connectivity index (χ1n) is 7.85. The van der Waals surface area contributed by atoms with Crippen LogP contribution in [0.15, 0.2) is 0 Å². The van der Waals surface area contributed by atoms with Gasteiger partial charge in [-0.1, -0.05) is 6.92 Å². The fourth-order valence-corrected chi connectivity index (χ4v) is 3.81. The van der Waals surface area contributed by atoms with E-state index < -0.39 is 10.0 Å². The van der Waals surface area contributed by atoms with Crippen LogP contribution in [-0.2, 0) is 10.0 Å². The molecule has 20 heavy (non-hydrogen) atoms. The van der Waals surface area contributed by atoms with Crippen molar-refractivity contribution in [2.75, 3.05) is 45.5 Å². The van der Waals surface area contributed by atoms with Crippen LogP contribution in [-0.4, -0.2) is 69.8 Å². The number of hydrogen-bond donors (Lipinski definition) is 1. The Morgan fingerprint density at radius 2 is 1.65 bits per heavy atom. The lowest BCUT2D eigenvalue weighted by Gasteiger charge is -2.41. The molecule has 2 rings (SSSR count). The zero-order valence-electron chi connectivity index (χ0n) is 12.8. The van der Waals surface area contributed by atoms with Crippen molar-refractivity contribution in [2.24, 2.45) is 5.92 Å². The molecule has 1 aliphatic carbocycles. The highest BCUT2D eigenvalue weighted by atomic mass is 32.2. The Labute approximate surface area is 123 Å². The Kier molecular flexibility index (Phi) is 5.84. The minimum atomic E-state index is -3.05. The van der Waals surface area contributed by atoms with E-state index in [1.807, 2.05) is 0 Å². The third-order valence-corrected chi connectivity index (χ3v) is 5.43. The predicted molar refractivity (Wildman–Crippen MR) is 82.3 cm³/mol. The van der Waals surface area contributed by atoms with Gasteiger partial charge in [-0.15, -0.1) is 0 Å². The maximum atomic E-state index is 11.0. The van der Waals surface area contributed by atoms with E-state index in [1.165, 1.54) is 31.9 Å². The Morgan fingerprint density at radius 1 is 1.05 bits per heavy atom. The smallest absolute Gasteiger partial charge is 0.208 e. The summed E-state index contributed by atoms with van der Waals surface area (Å²) in [5.41, 5.74) is 0. The van der Waals surface area contributed by atoms with E-state index in [-0.39, 0.29) is 0 Å². The zero-order valence-corrected chi connectivity index (χ0v) is 13.7. The van der Waals surface area contributed by atoms with E-state index in [9.17, 15) is 8.42 Å². The van der Waals surface area contributed by atoms with Gasteiger partial charge in [-0.2, -0.15) is 0 Å². The molecule has 1 heterocycles. The van der Waals surface area contributed by atoms with E-state index in [0.717, 1.165) is 44.7 Å². The van der Waals surface area contributed by atoms with Gasteiger partial charge in [0, 0.05) is 45.3 Å². The standard InChI is InChI=1S/C14H29N3O2S/c1-13-3-5-14(6-4-13)17-11-9-16(10-12-17)8-7-15-20(2,18)19/h13-15H,3-12H2,1-2H3. The van der Waals surface area contributed by atoms with Crippen molar-refractivity contribution < 1.29 is 8.42 Å². The van der Waals surface area contributed by atoms with Gasteiger partial charge >= 0.3 is 0 Å². The molecule has 1 N–H and O–H groups in total. The number of sulfonamides is 1. The maximum Gasteiger partial charge on any atom is 0.208 e. The Bertz CT molecular complexity index is 383. The molecule has 1 aliphatic heterocycles. The molecule has 0 spiro atoms. The van der Waals surface area contributed by atoms with Crippen molar-refractivity contribution >= 4 is 10.0 Å². The molecule has 5 nitrogen and oxygen atoms in total. The van der Waals surface area contributed by atoms with Gasteiger partial charge in [0.15, 0.2) is 0 Å². The van der Waals surface area contributed by atoms with E-state index in [1.54, 1.807) is 0 Å². The molecule has 1 saturated carbocycles. The Morgan fingerprint density at radius 3 is 2.20 bits per heavy atom. The summed E-state index contributed by atoms with van der Waals surface area (Å²) in [6.45, 7) is 8.12.